The first-order chi connectivity index (χ1) is 19.4. The van der Waals surface area contributed by atoms with Gasteiger partial charge in [-0.1, -0.05) is 62.7 Å². The van der Waals surface area contributed by atoms with Crippen LogP contribution in [-0.2, 0) is 28.7 Å². The Morgan fingerprint density at radius 1 is 0.925 bits per heavy atom. The van der Waals surface area contributed by atoms with Gasteiger partial charge in [-0.3, -0.25) is 0 Å². The highest BCUT2D eigenvalue weighted by molar-refractivity contribution is 5.92. The van der Waals surface area contributed by atoms with Crippen LogP contribution in [0.3, 0.4) is 0 Å². The molecule has 0 bridgehead atoms. The van der Waals surface area contributed by atoms with E-state index in [1.165, 1.54) is 11.6 Å². The Balaban J connectivity index is 1.25. The summed E-state index contributed by atoms with van der Waals surface area (Å²) in [6.45, 7) is 5.50. The smallest absolute Gasteiger partial charge is 0.346 e. The summed E-state index contributed by atoms with van der Waals surface area (Å²) < 4.78 is 37.7. The summed E-state index contributed by atoms with van der Waals surface area (Å²) in [6.07, 6.45) is 3.81. The van der Waals surface area contributed by atoms with E-state index in [9.17, 15) is 9.59 Å². The molecule has 7 heteroatoms. The highest BCUT2D eigenvalue weighted by Crippen LogP contribution is 2.29. The van der Waals surface area contributed by atoms with Gasteiger partial charge in [-0.05, 0) is 60.0 Å². The molecule has 1 saturated heterocycles. The van der Waals surface area contributed by atoms with Crippen molar-refractivity contribution in [2.45, 2.75) is 52.2 Å². The predicted molar refractivity (Wildman–Crippen MR) is 150 cm³/mol. The van der Waals surface area contributed by atoms with Crippen molar-refractivity contribution in [3.63, 3.8) is 0 Å². The van der Waals surface area contributed by atoms with Gasteiger partial charge >= 0.3 is 11.6 Å². The third-order valence-corrected chi connectivity index (χ3v) is 7.26. The van der Waals surface area contributed by atoms with Gasteiger partial charge in [0.25, 0.3) is 0 Å². The van der Waals surface area contributed by atoms with Crippen LogP contribution in [-0.4, -0.2) is 19.2 Å². The van der Waals surface area contributed by atoms with Crippen LogP contribution in [0.5, 0.6) is 5.75 Å². The fourth-order valence-corrected chi connectivity index (χ4v) is 4.93. The lowest BCUT2D eigenvalue weighted by Crippen LogP contribution is -2.27. The van der Waals surface area contributed by atoms with E-state index in [-0.39, 0.29) is 16.7 Å². The topological polar surface area (TPSA) is 75.0 Å². The molecule has 1 aliphatic heterocycles. The molecule has 0 amide bonds. The SMILES string of the molecule is CCCC1COC(c2ccc(C(=O)Oc3ccc4cc(CCc5ccc(CC)cc5)oc(=O)c4c3F)cc2)OC1. The van der Waals surface area contributed by atoms with Crippen LogP contribution in [0.25, 0.3) is 10.8 Å². The van der Waals surface area contributed by atoms with E-state index in [0.29, 0.717) is 43.1 Å². The van der Waals surface area contributed by atoms with Crippen molar-refractivity contribution in [1.29, 1.82) is 0 Å². The lowest BCUT2D eigenvalue weighted by atomic mass is 10.0. The number of esters is 1. The zero-order valence-electron chi connectivity index (χ0n) is 22.8. The van der Waals surface area contributed by atoms with Crippen molar-refractivity contribution in [2.75, 3.05) is 13.2 Å². The molecule has 0 aliphatic carbocycles. The van der Waals surface area contributed by atoms with Gasteiger partial charge in [-0.15, -0.1) is 0 Å². The van der Waals surface area contributed by atoms with Crippen LogP contribution in [0.4, 0.5) is 4.39 Å². The van der Waals surface area contributed by atoms with E-state index < -0.39 is 23.7 Å². The average Bonchev–Trinajstić information content (AvgIpc) is 2.98. The van der Waals surface area contributed by atoms with Gasteiger partial charge in [0.2, 0.25) is 0 Å². The fraction of sp³-hybridized carbons (Fsp3) is 0.333. The molecule has 1 fully saturated rings. The number of hydrogen-bond acceptors (Lipinski definition) is 6. The Morgan fingerprint density at radius 3 is 2.30 bits per heavy atom. The number of hydrogen-bond donors (Lipinski definition) is 0. The average molecular weight is 545 g/mol. The summed E-state index contributed by atoms with van der Waals surface area (Å²) in [7, 11) is 0. The monoisotopic (exact) mass is 544 g/mol. The van der Waals surface area contributed by atoms with Gasteiger partial charge in [0.1, 0.15) is 11.1 Å². The zero-order valence-corrected chi connectivity index (χ0v) is 22.8. The molecule has 1 aliphatic rings. The van der Waals surface area contributed by atoms with E-state index >= 15 is 4.39 Å². The molecule has 3 aromatic carbocycles. The van der Waals surface area contributed by atoms with Crippen molar-refractivity contribution < 1.29 is 27.8 Å². The molecule has 0 atom stereocenters. The Hall–Kier alpha value is -3.81. The first-order valence-electron chi connectivity index (χ1n) is 13.8. The minimum Gasteiger partial charge on any atom is -0.427 e. The number of fused-ring (bicyclic) bond motifs is 1. The maximum atomic E-state index is 15.3. The van der Waals surface area contributed by atoms with E-state index in [1.54, 1.807) is 36.4 Å². The standard InChI is InChI=1S/C33H33FO6/c1-3-5-23-19-37-33(38-20-23)25-13-11-24(12-14-25)31(35)40-28-17-15-26-18-27(39-32(36)29(26)30(28)34)16-10-22-8-6-21(4-2)7-9-22/h6-9,11-15,17-18,23,33H,3-5,10,16,19-20H2,1-2H3. The second-order valence-corrected chi connectivity index (χ2v) is 10.2. The molecular formula is C33H33FO6. The number of benzene rings is 3. The van der Waals surface area contributed by atoms with Gasteiger partial charge in [0.15, 0.2) is 17.9 Å². The molecule has 208 valence electrons. The summed E-state index contributed by atoms with van der Waals surface area (Å²) in [4.78, 5) is 25.4. The summed E-state index contributed by atoms with van der Waals surface area (Å²) >= 11 is 0. The molecule has 1 aromatic heterocycles. The summed E-state index contributed by atoms with van der Waals surface area (Å²) in [5.74, 6) is -1.14. The van der Waals surface area contributed by atoms with Crippen LogP contribution >= 0.6 is 0 Å². The molecule has 4 aromatic rings. The van der Waals surface area contributed by atoms with Crippen molar-refractivity contribution in [1.82, 2.24) is 0 Å². The number of aryl methyl sites for hydroxylation is 3. The summed E-state index contributed by atoms with van der Waals surface area (Å²) in [6, 6.07) is 19.5. The molecule has 40 heavy (non-hydrogen) atoms. The number of carbonyl (C=O) groups is 1. The zero-order chi connectivity index (χ0) is 28.1. The minimum absolute atomic E-state index is 0.234. The third-order valence-electron chi connectivity index (χ3n) is 7.26. The van der Waals surface area contributed by atoms with Crippen molar-refractivity contribution in [3.8, 4) is 5.75 Å². The molecule has 0 spiro atoms. The second-order valence-electron chi connectivity index (χ2n) is 10.2. The summed E-state index contributed by atoms with van der Waals surface area (Å²) in [5, 5.41) is 0.146. The maximum absolute atomic E-state index is 15.3. The van der Waals surface area contributed by atoms with Crippen LogP contribution < -0.4 is 10.4 Å². The number of rotatable bonds is 9. The molecule has 0 saturated carbocycles. The molecule has 2 heterocycles. The van der Waals surface area contributed by atoms with E-state index in [1.807, 2.05) is 0 Å². The minimum atomic E-state index is -0.927. The van der Waals surface area contributed by atoms with E-state index in [4.69, 9.17) is 18.6 Å². The third kappa shape index (κ3) is 6.32. The van der Waals surface area contributed by atoms with E-state index in [2.05, 4.69) is 38.1 Å². The van der Waals surface area contributed by atoms with Gasteiger partial charge in [0.05, 0.1) is 18.8 Å². The second kappa shape index (κ2) is 12.6. The van der Waals surface area contributed by atoms with Crippen LogP contribution in [0.15, 0.2) is 75.9 Å². The van der Waals surface area contributed by atoms with Crippen molar-refractivity contribution in [3.05, 3.63) is 111 Å². The Bertz CT molecular complexity index is 1520. The van der Waals surface area contributed by atoms with Crippen molar-refractivity contribution >= 4 is 16.7 Å². The van der Waals surface area contributed by atoms with E-state index in [0.717, 1.165) is 30.4 Å². The number of carbonyl (C=O) groups excluding carboxylic acids is 1. The first kappa shape index (κ1) is 27.7. The predicted octanol–water partition coefficient (Wildman–Crippen LogP) is 6.96. The largest absolute Gasteiger partial charge is 0.427 e. The molecule has 6 nitrogen and oxygen atoms in total. The maximum Gasteiger partial charge on any atom is 0.346 e. The highest BCUT2D eigenvalue weighted by Gasteiger charge is 2.24. The van der Waals surface area contributed by atoms with Gasteiger partial charge in [-0.2, -0.15) is 0 Å². The molecule has 5 rings (SSSR count). The normalized spacial score (nSPS) is 17.2. The Kier molecular flexibility index (Phi) is 8.72. The van der Waals surface area contributed by atoms with Crippen LogP contribution in [0.1, 0.15) is 65.8 Å². The molecule has 0 radical (unpaired) electrons. The number of halogens is 1. The van der Waals surface area contributed by atoms with Crippen LogP contribution in [0.2, 0.25) is 0 Å². The fourth-order valence-electron chi connectivity index (χ4n) is 4.93. The lowest BCUT2D eigenvalue weighted by Gasteiger charge is -2.29. The van der Waals surface area contributed by atoms with Gasteiger partial charge < -0.3 is 18.6 Å². The molecule has 0 N–H and O–H groups in total. The van der Waals surface area contributed by atoms with Gasteiger partial charge in [-0.25, -0.2) is 14.0 Å². The van der Waals surface area contributed by atoms with Crippen LogP contribution in [0, 0.1) is 11.7 Å². The first-order valence-corrected chi connectivity index (χ1v) is 13.8. The summed E-state index contributed by atoms with van der Waals surface area (Å²) in [5.41, 5.74) is 2.60. The Labute approximate surface area is 232 Å². The number of ether oxygens (including phenoxy) is 3. The van der Waals surface area contributed by atoms with Gasteiger partial charge in [0, 0.05) is 17.9 Å². The molecule has 0 unspecified atom stereocenters. The molecular weight excluding hydrogens is 511 g/mol. The van der Waals surface area contributed by atoms with Crippen molar-refractivity contribution in [2.24, 2.45) is 5.92 Å². The highest BCUT2D eigenvalue weighted by atomic mass is 19.1. The Morgan fingerprint density at radius 2 is 1.62 bits per heavy atom. The lowest BCUT2D eigenvalue weighted by molar-refractivity contribution is -0.206. The quantitative estimate of drug-likeness (QED) is 0.168.